The lowest BCUT2D eigenvalue weighted by Crippen LogP contribution is -2.31. The van der Waals surface area contributed by atoms with E-state index in [0.29, 0.717) is 13.1 Å². The molecule has 0 fully saturated rings. The Hall–Kier alpha value is -0.820. The van der Waals surface area contributed by atoms with Gasteiger partial charge in [0.25, 0.3) is 5.91 Å². The second-order valence-corrected chi connectivity index (χ2v) is 6.52. The highest BCUT2D eigenvalue weighted by Gasteiger charge is 2.21. The van der Waals surface area contributed by atoms with Gasteiger partial charge in [-0.1, -0.05) is 30.1 Å². The molecule has 0 aliphatic carbocycles. The van der Waals surface area contributed by atoms with Crippen molar-refractivity contribution in [1.82, 2.24) is 4.90 Å². The molecule has 20 heavy (non-hydrogen) atoms. The van der Waals surface area contributed by atoms with Crippen molar-refractivity contribution in [1.29, 1.82) is 0 Å². The predicted octanol–water partition coefficient (Wildman–Crippen LogP) is 2.51. The molecule has 0 radical (unpaired) electrons. The van der Waals surface area contributed by atoms with Crippen LogP contribution >= 0.6 is 23.2 Å². The van der Waals surface area contributed by atoms with Gasteiger partial charge in [0.2, 0.25) is 10.0 Å². The van der Waals surface area contributed by atoms with Gasteiger partial charge in [-0.15, -0.1) is 0 Å². The van der Waals surface area contributed by atoms with Crippen LogP contribution in [0.15, 0.2) is 17.0 Å². The predicted molar refractivity (Wildman–Crippen MR) is 79.7 cm³/mol. The zero-order chi connectivity index (χ0) is 15.5. The normalized spacial score (nSPS) is 11.4. The molecule has 0 saturated carbocycles. The number of rotatable bonds is 5. The van der Waals surface area contributed by atoms with E-state index in [1.807, 2.05) is 13.8 Å². The maximum atomic E-state index is 12.3. The fraction of sp³-hybridized carbons (Fsp3) is 0.417. The number of carbonyl (C=O) groups is 1. The molecule has 0 saturated heterocycles. The number of hydrogen-bond acceptors (Lipinski definition) is 3. The Morgan fingerprint density at radius 1 is 1.30 bits per heavy atom. The SMILES string of the molecule is CCCN(CC)C(=O)c1cc(Cl)c(Cl)c(S(N)(=O)=O)c1. The van der Waals surface area contributed by atoms with Gasteiger partial charge >= 0.3 is 0 Å². The molecule has 0 aromatic heterocycles. The van der Waals surface area contributed by atoms with Crippen LogP contribution < -0.4 is 5.14 Å². The Balaban J connectivity index is 3.34. The summed E-state index contributed by atoms with van der Waals surface area (Å²) in [6.07, 6.45) is 0.795. The van der Waals surface area contributed by atoms with Gasteiger partial charge in [-0.2, -0.15) is 0 Å². The zero-order valence-corrected chi connectivity index (χ0v) is 13.5. The third-order valence-electron chi connectivity index (χ3n) is 2.71. The number of sulfonamides is 1. The second kappa shape index (κ2) is 6.76. The van der Waals surface area contributed by atoms with E-state index in [9.17, 15) is 13.2 Å². The van der Waals surface area contributed by atoms with Crippen LogP contribution in [0.2, 0.25) is 10.0 Å². The molecule has 0 bridgehead atoms. The first-order valence-electron chi connectivity index (χ1n) is 6.03. The molecule has 0 atom stereocenters. The maximum Gasteiger partial charge on any atom is 0.253 e. The minimum Gasteiger partial charge on any atom is -0.339 e. The van der Waals surface area contributed by atoms with Crippen molar-refractivity contribution in [3.63, 3.8) is 0 Å². The minimum atomic E-state index is -4.04. The third kappa shape index (κ3) is 3.85. The topological polar surface area (TPSA) is 80.5 Å². The minimum absolute atomic E-state index is 0.0194. The van der Waals surface area contributed by atoms with Crippen molar-refractivity contribution in [2.24, 2.45) is 5.14 Å². The van der Waals surface area contributed by atoms with Gasteiger partial charge in [0, 0.05) is 18.7 Å². The molecular formula is C12H16Cl2N2O3S. The number of halogens is 2. The molecule has 5 nitrogen and oxygen atoms in total. The summed E-state index contributed by atoms with van der Waals surface area (Å²) in [6, 6.07) is 2.50. The van der Waals surface area contributed by atoms with E-state index >= 15 is 0 Å². The average Bonchev–Trinajstić information content (AvgIpc) is 2.36. The molecule has 1 amide bonds. The molecule has 0 heterocycles. The number of amides is 1. The molecule has 112 valence electrons. The summed E-state index contributed by atoms with van der Waals surface area (Å²) >= 11 is 11.7. The lowest BCUT2D eigenvalue weighted by molar-refractivity contribution is 0.0764. The number of carbonyl (C=O) groups excluding carboxylic acids is 1. The van der Waals surface area contributed by atoms with Crippen molar-refractivity contribution >= 4 is 39.1 Å². The third-order valence-corrected chi connectivity index (χ3v) is 4.56. The Morgan fingerprint density at radius 3 is 2.35 bits per heavy atom. The van der Waals surface area contributed by atoms with Crippen molar-refractivity contribution in [2.75, 3.05) is 13.1 Å². The van der Waals surface area contributed by atoms with E-state index in [-0.39, 0.29) is 26.4 Å². The molecule has 0 spiro atoms. The maximum absolute atomic E-state index is 12.3. The van der Waals surface area contributed by atoms with E-state index < -0.39 is 10.0 Å². The highest BCUT2D eigenvalue weighted by Crippen LogP contribution is 2.30. The molecule has 1 aromatic carbocycles. The van der Waals surface area contributed by atoms with E-state index in [4.69, 9.17) is 28.3 Å². The van der Waals surface area contributed by atoms with Gasteiger partial charge < -0.3 is 4.90 Å². The molecule has 0 unspecified atom stereocenters. The molecule has 0 aliphatic heterocycles. The molecule has 1 rings (SSSR count). The van der Waals surface area contributed by atoms with Crippen molar-refractivity contribution in [2.45, 2.75) is 25.2 Å². The van der Waals surface area contributed by atoms with Crippen LogP contribution in [0.25, 0.3) is 0 Å². The van der Waals surface area contributed by atoms with Crippen molar-refractivity contribution in [3.05, 3.63) is 27.7 Å². The standard InChI is InChI=1S/C12H16Cl2N2O3S/c1-3-5-16(4-2)12(17)8-6-9(13)11(14)10(7-8)20(15,18)19/h6-7H,3-5H2,1-2H3,(H2,15,18,19). The summed E-state index contributed by atoms with van der Waals surface area (Å²) in [4.78, 5) is 13.5. The summed E-state index contributed by atoms with van der Waals surface area (Å²) < 4.78 is 22.9. The summed E-state index contributed by atoms with van der Waals surface area (Å²) in [7, 11) is -4.04. The van der Waals surface area contributed by atoms with Gasteiger partial charge in [-0.3, -0.25) is 4.79 Å². The van der Waals surface area contributed by atoms with Gasteiger partial charge in [0.1, 0.15) is 4.90 Å². The van der Waals surface area contributed by atoms with Gasteiger partial charge in [-0.25, -0.2) is 13.6 Å². The highest BCUT2D eigenvalue weighted by molar-refractivity contribution is 7.89. The molecule has 1 aromatic rings. The Morgan fingerprint density at radius 2 is 1.90 bits per heavy atom. The van der Waals surface area contributed by atoms with Crippen LogP contribution in [0.1, 0.15) is 30.6 Å². The molecule has 2 N–H and O–H groups in total. The number of nitrogens with zero attached hydrogens (tertiary/aromatic N) is 1. The lowest BCUT2D eigenvalue weighted by Gasteiger charge is -2.20. The first-order chi connectivity index (χ1) is 9.22. The number of hydrogen-bond donors (Lipinski definition) is 1. The first kappa shape index (κ1) is 17.2. The highest BCUT2D eigenvalue weighted by atomic mass is 35.5. The second-order valence-electron chi connectivity index (χ2n) is 4.20. The van der Waals surface area contributed by atoms with Crippen LogP contribution in [-0.2, 0) is 10.0 Å². The summed E-state index contributed by atoms with van der Waals surface area (Å²) in [5, 5.41) is 4.87. The van der Waals surface area contributed by atoms with E-state index in [1.54, 1.807) is 4.90 Å². The number of benzene rings is 1. The summed E-state index contributed by atoms with van der Waals surface area (Å²) in [6.45, 7) is 4.87. The number of nitrogens with two attached hydrogens (primary N) is 1. The smallest absolute Gasteiger partial charge is 0.253 e. The van der Waals surface area contributed by atoms with Crippen molar-refractivity contribution in [3.8, 4) is 0 Å². The number of primary sulfonamides is 1. The van der Waals surface area contributed by atoms with Crippen molar-refractivity contribution < 1.29 is 13.2 Å². The fourth-order valence-corrected chi connectivity index (χ4v) is 3.11. The quantitative estimate of drug-likeness (QED) is 0.895. The van der Waals surface area contributed by atoms with E-state index in [0.717, 1.165) is 12.5 Å². The largest absolute Gasteiger partial charge is 0.339 e. The van der Waals surface area contributed by atoms with Gasteiger partial charge in [-0.05, 0) is 25.5 Å². The van der Waals surface area contributed by atoms with Crippen LogP contribution in [0.4, 0.5) is 0 Å². The lowest BCUT2D eigenvalue weighted by atomic mass is 10.2. The van der Waals surface area contributed by atoms with Crippen LogP contribution in [0.3, 0.4) is 0 Å². The first-order valence-corrected chi connectivity index (χ1v) is 8.33. The Bertz CT molecular complexity index is 617. The van der Waals surface area contributed by atoms with Crippen LogP contribution in [-0.4, -0.2) is 32.3 Å². The van der Waals surface area contributed by atoms with E-state index in [1.165, 1.54) is 6.07 Å². The Kier molecular flexibility index (Phi) is 5.82. The monoisotopic (exact) mass is 338 g/mol. The van der Waals surface area contributed by atoms with E-state index in [2.05, 4.69) is 0 Å². The fourth-order valence-electron chi connectivity index (χ4n) is 1.75. The zero-order valence-electron chi connectivity index (χ0n) is 11.2. The Labute approximate surface area is 128 Å². The van der Waals surface area contributed by atoms with Crippen LogP contribution in [0, 0.1) is 0 Å². The molecule has 0 aliphatic rings. The molecular weight excluding hydrogens is 323 g/mol. The average molecular weight is 339 g/mol. The van der Waals surface area contributed by atoms with Gasteiger partial charge in [0.15, 0.2) is 0 Å². The van der Waals surface area contributed by atoms with Crippen LogP contribution in [0.5, 0.6) is 0 Å². The summed E-state index contributed by atoms with van der Waals surface area (Å²) in [5.74, 6) is -0.308. The summed E-state index contributed by atoms with van der Waals surface area (Å²) in [5.41, 5.74) is 0.152. The molecule has 8 heteroatoms. The van der Waals surface area contributed by atoms with Gasteiger partial charge in [0.05, 0.1) is 10.0 Å².